The van der Waals surface area contributed by atoms with Gasteiger partial charge in [0.25, 0.3) is 0 Å². The van der Waals surface area contributed by atoms with Crippen molar-refractivity contribution in [2.75, 3.05) is 0 Å². The standard InChI is InChI=1S/C9H4F3N2/c10-9(11,12)8-6-3-1-2-4-7(6)13-5-14-8/h1-4H. The minimum atomic E-state index is -4.46. The Morgan fingerprint density at radius 2 is 1.79 bits per heavy atom. The Kier molecular flexibility index (Phi) is 1.87. The minimum absolute atomic E-state index is 0.00116. The second-order valence-electron chi connectivity index (χ2n) is 2.69. The second-order valence-corrected chi connectivity index (χ2v) is 2.69. The molecule has 14 heavy (non-hydrogen) atoms. The van der Waals surface area contributed by atoms with Crippen molar-refractivity contribution in [3.8, 4) is 0 Å². The van der Waals surface area contributed by atoms with Crippen molar-refractivity contribution in [2.24, 2.45) is 0 Å². The molecule has 0 aliphatic heterocycles. The third kappa shape index (κ3) is 1.41. The Bertz CT molecular complexity index is 460. The molecule has 2 nitrogen and oxygen atoms in total. The summed E-state index contributed by atoms with van der Waals surface area (Å²) in [6.07, 6.45) is -2.47. The van der Waals surface area contributed by atoms with Crippen LogP contribution in [0.25, 0.3) is 10.9 Å². The maximum Gasteiger partial charge on any atom is 0.434 e. The molecule has 1 aromatic carbocycles. The Morgan fingerprint density at radius 3 is 2.50 bits per heavy atom. The molecular formula is C9H4F3N2. The Morgan fingerprint density at radius 1 is 1.07 bits per heavy atom. The first-order valence-corrected chi connectivity index (χ1v) is 3.79. The van der Waals surface area contributed by atoms with E-state index >= 15 is 0 Å². The number of alkyl halides is 3. The molecule has 0 fully saturated rings. The van der Waals surface area contributed by atoms with Gasteiger partial charge in [0.2, 0.25) is 0 Å². The van der Waals surface area contributed by atoms with Crippen LogP contribution in [0.4, 0.5) is 13.2 Å². The molecule has 2 rings (SSSR count). The molecule has 0 bridgehead atoms. The Hall–Kier alpha value is -1.65. The lowest BCUT2D eigenvalue weighted by molar-refractivity contribution is -0.139. The largest absolute Gasteiger partial charge is 0.434 e. The highest BCUT2D eigenvalue weighted by Crippen LogP contribution is 2.31. The molecule has 0 amide bonds. The molecule has 0 aliphatic carbocycles. The van der Waals surface area contributed by atoms with Crippen molar-refractivity contribution in [3.05, 3.63) is 36.3 Å². The molecule has 0 saturated carbocycles. The summed E-state index contributed by atoms with van der Waals surface area (Å²) in [6.45, 7) is 0. The van der Waals surface area contributed by atoms with E-state index in [2.05, 4.69) is 9.97 Å². The fraction of sp³-hybridized carbons (Fsp3) is 0.111. The molecule has 2 aromatic rings. The number of rotatable bonds is 0. The number of nitrogens with zero attached hydrogens (tertiary/aromatic N) is 2. The first-order valence-electron chi connectivity index (χ1n) is 3.79. The Balaban J connectivity index is 2.78. The zero-order valence-electron chi connectivity index (χ0n) is 6.84. The van der Waals surface area contributed by atoms with Gasteiger partial charge in [-0.05, 0) is 6.07 Å². The van der Waals surface area contributed by atoms with Crippen LogP contribution >= 0.6 is 0 Å². The third-order valence-electron chi connectivity index (χ3n) is 1.76. The summed E-state index contributed by atoms with van der Waals surface area (Å²) in [5.41, 5.74) is -0.696. The number of halogens is 3. The number of benzene rings is 1. The van der Waals surface area contributed by atoms with E-state index in [1.165, 1.54) is 18.2 Å². The van der Waals surface area contributed by atoms with Gasteiger partial charge in [-0.15, -0.1) is 0 Å². The highest BCUT2D eigenvalue weighted by atomic mass is 19.4. The topological polar surface area (TPSA) is 25.8 Å². The molecule has 0 atom stereocenters. The van der Waals surface area contributed by atoms with Crippen LogP contribution in [0.3, 0.4) is 0 Å². The van der Waals surface area contributed by atoms with E-state index in [4.69, 9.17) is 0 Å². The smallest absolute Gasteiger partial charge is 0.225 e. The average Bonchev–Trinajstić information content (AvgIpc) is 2.15. The highest BCUT2D eigenvalue weighted by Gasteiger charge is 2.34. The van der Waals surface area contributed by atoms with Crippen molar-refractivity contribution in [1.82, 2.24) is 9.97 Å². The zero-order valence-corrected chi connectivity index (χ0v) is 6.84. The lowest BCUT2D eigenvalue weighted by Crippen LogP contribution is -2.09. The third-order valence-corrected chi connectivity index (χ3v) is 1.76. The van der Waals surface area contributed by atoms with Gasteiger partial charge in [-0.3, -0.25) is 0 Å². The van der Waals surface area contributed by atoms with Gasteiger partial charge in [-0.2, -0.15) is 13.2 Å². The number of para-hydroxylation sites is 1. The number of hydrogen-bond donors (Lipinski definition) is 0. The lowest BCUT2D eigenvalue weighted by atomic mass is 10.2. The molecule has 0 spiro atoms. The van der Waals surface area contributed by atoms with E-state index in [1.807, 2.05) is 6.33 Å². The quantitative estimate of drug-likeness (QED) is 0.648. The summed E-state index contributed by atoms with van der Waals surface area (Å²) in [6, 6.07) is 5.96. The zero-order chi connectivity index (χ0) is 10.2. The number of fused-ring (bicyclic) bond motifs is 1. The van der Waals surface area contributed by atoms with E-state index in [9.17, 15) is 13.2 Å². The monoisotopic (exact) mass is 197 g/mol. The van der Waals surface area contributed by atoms with E-state index in [1.54, 1.807) is 6.07 Å². The van der Waals surface area contributed by atoms with Crippen LogP contribution in [0.1, 0.15) is 5.69 Å². The summed E-state index contributed by atoms with van der Waals surface area (Å²) in [5, 5.41) is -0.00116. The minimum Gasteiger partial charge on any atom is -0.225 e. The SMILES string of the molecule is FC(F)(F)c1n[c]nc2ccccc12. The molecule has 1 heterocycles. The van der Waals surface area contributed by atoms with E-state index in [-0.39, 0.29) is 10.9 Å². The predicted octanol–water partition coefficient (Wildman–Crippen LogP) is 2.45. The van der Waals surface area contributed by atoms with Gasteiger partial charge in [0.15, 0.2) is 12.0 Å². The Labute approximate surface area is 77.4 Å². The molecular weight excluding hydrogens is 193 g/mol. The van der Waals surface area contributed by atoms with E-state index in [0.29, 0.717) is 0 Å². The van der Waals surface area contributed by atoms with E-state index in [0.717, 1.165) is 0 Å². The summed E-state index contributed by atoms with van der Waals surface area (Å²) in [4.78, 5) is 6.74. The summed E-state index contributed by atoms with van der Waals surface area (Å²) >= 11 is 0. The normalized spacial score (nSPS) is 11.9. The molecule has 0 N–H and O–H groups in total. The molecule has 0 saturated heterocycles. The van der Waals surface area contributed by atoms with Crippen LogP contribution in [-0.4, -0.2) is 9.97 Å². The molecule has 1 aromatic heterocycles. The fourth-order valence-electron chi connectivity index (χ4n) is 1.18. The summed E-state index contributed by atoms with van der Waals surface area (Å²) in [7, 11) is 0. The molecule has 0 unspecified atom stereocenters. The molecule has 71 valence electrons. The van der Waals surface area contributed by atoms with Crippen LogP contribution in [0.15, 0.2) is 24.3 Å². The summed E-state index contributed by atoms with van der Waals surface area (Å²) < 4.78 is 37.2. The van der Waals surface area contributed by atoms with Crippen molar-refractivity contribution >= 4 is 10.9 Å². The van der Waals surface area contributed by atoms with Crippen molar-refractivity contribution in [2.45, 2.75) is 6.18 Å². The molecule has 5 heteroatoms. The van der Waals surface area contributed by atoms with Gasteiger partial charge in [0.05, 0.1) is 5.52 Å². The van der Waals surface area contributed by atoms with Gasteiger partial charge >= 0.3 is 6.18 Å². The number of hydrogen-bond acceptors (Lipinski definition) is 2. The van der Waals surface area contributed by atoms with Gasteiger partial charge in [-0.25, -0.2) is 9.97 Å². The molecule has 1 radical (unpaired) electrons. The summed E-state index contributed by atoms with van der Waals surface area (Å²) in [5.74, 6) is 0. The predicted molar refractivity (Wildman–Crippen MR) is 43.4 cm³/mol. The first-order chi connectivity index (χ1) is 6.59. The van der Waals surface area contributed by atoms with Crippen molar-refractivity contribution < 1.29 is 13.2 Å². The van der Waals surface area contributed by atoms with Crippen LogP contribution < -0.4 is 0 Å². The van der Waals surface area contributed by atoms with E-state index < -0.39 is 11.9 Å². The lowest BCUT2D eigenvalue weighted by Gasteiger charge is -2.07. The highest BCUT2D eigenvalue weighted by molar-refractivity contribution is 5.80. The van der Waals surface area contributed by atoms with Gasteiger partial charge in [0, 0.05) is 5.39 Å². The van der Waals surface area contributed by atoms with Crippen molar-refractivity contribution in [3.63, 3.8) is 0 Å². The van der Waals surface area contributed by atoms with Crippen LogP contribution in [-0.2, 0) is 6.18 Å². The first kappa shape index (κ1) is 8.93. The van der Waals surface area contributed by atoms with Crippen LogP contribution in [0.5, 0.6) is 0 Å². The maximum absolute atomic E-state index is 12.4. The van der Waals surface area contributed by atoms with Crippen molar-refractivity contribution in [1.29, 1.82) is 0 Å². The second kappa shape index (κ2) is 2.94. The average molecular weight is 197 g/mol. The van der Waals surface area contributed by atoms with Crippen LogP contribution in [0.2, 0.25) is 0 Å². The maximum atomic E-state index is 12.4. The van der Waals surface area contributed by atoms with Gasteiger partial charge in [-0.1, -0.05) is 18.2 Å². The van der Waals surface area contributed by atoms with Crippen LogP contribution in [0, 0.1) is 6.33 Å². The number of aromatic nitrogens is 2. The van der Waals surface area contributed by atoms with Gasteiger partial charge in [0.1, 0.15) is 0 Å². The molecule has 0 aliphatic rings. The van der Waals surface area contributed by atoms with Gasteiger partial charge < -0.3 is 0 Å². The fourth-order valence-corrected chi connectivity index (χ4v) is 1.18.